The minimum Gasteiger partial charge on any atom is -0.335 e. The smallest absolute Gasteiger partial charge is 0.335 e. The zero-order chi connectivity index (χ0) is 20.5. The number of amides is 3. The molecule has 0 saturated heterocycles. The Balaban J connectivity index is 1.69. The maximum absolute atomic E-state index is 13.2. The second-order valence-electron chi connectivity index (χ2n) is 7.00. The standard InChI is InChI=1S/C21H20ClN4O3/c1-3-13(2)26-20(27)16-9-4-5-10-17(16)25(21(26)28)12-18-23-19(24-29-18)14-7-6-8-15(22)11-14/h4-11,13,16H,3,12H2,1-2H3/q+1. The van der Waals surface area contributed by atoms with E-state index in [1.54, 1.807) is 30.4 Å². The summed E-state index contributed by atoms with van der Waals surface area (Å²) in [6.45, 7) is 3.89. The monoisotopic (exact) mass is 411 g/mol. The van der Waals surface area contributed by atoms with Crippen LogP contribution in [0.3, 0.4) is 0 Å². The van der Waals surface area contributed by atoms with E-state index in [4.69, 9.17) is 16.1 Å². The Bertz CT molecular complexity index is 1070. The molecule has 0 saturated carbocycles. The first-order chi connectivity index (χ1) is 14.0. The van der Waals surface area contributed by atoms with Crippen molar-refractivity contribution in [2.75, 3.05) is 0 Å². The van der Waals surface area contributed by atoms with E-state index < -0.39 is 5.92 Å². The number of hydrogen-bond donors (Lipinski definition) is 0. The van der Waals surface area contributed by atoms with E-state index >= 15 is 0 Å². The van der Waals surface area contributed by atoms with E-state index in [1.807, 2.05) is 32.1 Å². The molecular formula is C21H20ClN4O3+. The van der Waals surface area contributed by atoms with Crippen LogP contribution in [-0.2, 0) is 11.3 Å². The molecule has 4 rings (SSSR count). The molecule has 0 radical (unpaired) electrons. The number of aromatic nitrogens is 2. The summed E-state index contributed by atoms with van der Waals surface area (Å²) in [5.74, 6) is -0.0354. The molecule has 0 bridgehead atoms. The highest BCUT2D eigenvalue weighted by molar-refractivity contribution is 6.30. The van der Waals surface area contributed by atoms with Crippen LogP contribution in [-0.4, -0.2) is 43.3 Å². The first-order valence-electron chi connectivity index (χ1n) is 9.44. The van der Waals surface area contributed by atoms with E-state index in [9.17, 15) is 9.59 Å². The summed E-state index contributed by atoms with van der Waals surface area (Å²) in [6, 6.07) is 6.55. The third-order valence-electron chi connectivity index (χ3n) is 5.13. The number of hydrogen-bond acceptors (Lipinski definition) is 5. The van der Waals surface area contributed by atoms with Crippen LogP contribution in [0.25, 0.3) is 11.4 Å². The maximum atomic E-state index is 13.2. The lowest BCUT2D eigenvalue weighted by atomic mass is 9.93. The highest BCUT2D eigenvalue weighted by atomic mass is 35.5. The second-order valence-corrected chi connectivity index (χ2v) is 7.44. The quantitative estimate of drug-likeness (QED) is 0.698. The molecule has 29 heavy (non-hydrogen) atoms. The topological polar surface area (TPSA) is 79.3 Å². The first-order valence-corrected chi connectivity index (χ1v) is 9.82. The fourth-order valence-electron chi connectivity index (χ4n) is 3.43. The SMILES string of the molecule is CCC(C)N1C(=O)C2C=CC=CC2=[N+](Cc2nc(-c3cccc(Cl)c3)no2)C1=O. The first kappa shape index (κ1) is 19.3. The Morgan fingerprint density at radius 1 is 1.31 bits per heavy atom. The van der Waals surface area contributed by atoms with Gasteiger partial charge in [-0.15, -0.1) is 0 Å². The molecule has 0 N–H and O–H groups in total. The van der Waals surface area contributed by atoms with Crippen molar-refractivity contribution in [1.82, 2.24) is 15.0 Å². The summed E-state index contributed by atoms with van der Waals surface area (Å²) in [5.41, 5.74) is 1.34. The third-order valence-corrected chi connectivity index (χ3v) is 5.36. The van der Waals surface area contributed by atoms with Crippen molar-refractivity contribution >= 4 is 29.3 Å². The zero-order valence-electron chi connectivity index (χ0n) is 16.1. The van der Waals surface area contributed by atoms with Crippen LogP contribution in [0.5, 0.6) is 0 Å². The molecule has 8 heteroatoms. The number of carbonyl (C=O) groups excluding carboxylic acids is 2. The van der Waals surface area contributed by atoms with Crippen LogP contribution in [0.4, 0.5) is 4.79 Å². The number of imide groups is 1. The van der Waals surface area contributed by atoms with Crippen LogP contribution in [0.1, 0.15) is 26.2 Å². The summed E-state index contributed by atoms with van der Waals surface area (Å²) >= 11 is 6.03. The molecule has 2 aromatic rings. The van der Waals surface area contributed by atoms with Gasteiger partial charge in [0, 0.05) is 10.6 Å². The summed E-state index contributed by atoms with van der Waals surface area (Å²) in [6.07, 6.45) is 7.88. The molecule has 2 atom stereocenters. The molecule has 7 nitrogen and oxygen atoms in total. The van der Waals surface area contributed by atoms with E-state index in [2.05, 4.69) is 10.1 Å². The fraction of sp³-hybridized carbons (Fsp3) is 0.286. The Hall–Kier alpha value is -3.06. The Labute approximate surface area is 173 Å². The molecule has 1 aliphatic carbocycles. The van der Waals surface area contributed by atoms with Gasteiger partial charge in [-0.25, -0.2) is 4.79 Å². The molecule has 2 aliphatic rings. The van der Waals surface area contributed by atoms with Crippen molar-refractivity contribution in [3.8, 4) is 11.4 Å². The van der Waals surface area contributed by atoms with Crippen LogP contribution >= 0.6 is 11.6 Å². The second kappa shape index (κ2) is 7.75. The predicted octanol–water partition coefficient (Wildman–Crippen LogP) is 3.85. The van der Waals surface area contributed by atoms with Crippen molar-refractivity contribution in [1.29, 1.82) is 0 Å². The van der Waals surface area contributed by atoms with Crippen molar-refractivity contribution in [3.05, 3.63) is 59.5 Å². The third kappa shape index (κ3) is 3.53. The Kier molecular flexibility index (Phi) is 5.15. The van der Waals surface area contributed by atoms with Gasteiger partial charge in [-0.05, 0) is 31.6 Å². The van der Waals surface area contributed by atoms with Gasteiger partial charge in [0.05, 0.1) is 0 Å². The van der Waals surface area contributed by atoms with Crippen LogP contribution in [0.2, 0.25) is 5.02 Å². The zero-order valence-corrected chi connectivity index (χ0v) is 16.8. The average molecular weight is 412 g/mol. The van der Waals surface area contributed by atoms with Crippen LogP contribution in [0, 0.1) is 5.92 Å². The van der Waals surface area contributed by atoms with Gasteiger partial charge in [-0.3, -0.25) is 0 Å². The highest BCUT2D eigenvalue weighted by Crippen LogP contribution is 2.24. The molecule has 148 valence electrons. The molecule has 2 unspecified atom stereocenters. The van der Waals surface area contributed by atoms with Crippen molar-refractivity contribution in [2.24, 2.45) is 5.92 Å². The molecule has 0 spiro atoms. The minimum atomic E-state index is -0.498. The van der Waals surface area contributed by atoms with E-state index in [0.29, 0.717) is 23.0 Å². The van der Waals surface area contributed by atoms with Crippen LogP contribution in [0.15, 0.2) is 53.1 Å². The largest absolute Gasteiger partial charge is 0.501 e. The summed E-state index contributed by atoms with van der Waals surface area (Å²) in [4.78, 5) is 31.8. The number of halogens is 1. The number of urea groups is 1. The van der Waals surface area contributed by atoms with Crippen molar-refractivity contribution < 1.29 is 18.7 Å². The molecule has 0 fully saturated rings. The normalized spacial score (nSPS) is 19.7. The molecule has 3 amide bonds. The number of nitrogens with zero attached hydrogens (tertiary/aromatic N) is 4. The Morgan fingerprint density at radius 2 is 2.14 bits per heavy atom. The van der Waals surface area contributed by atoms with Gasteiger partial charge in [0.2, 0.25) is 5.82 Å². The van der Waals surface area contributed by atoms with E-state index in [-0.39, 0.29) is 30.4 Å². The molecule has 1 aliphatic heterocycles. The summed E-state index contributed by atoms with van der Waals surface area (Å²) < 4.78 is 6.92. The summed E-state index contributed by atoms with van der Waals surface area (Å²) in [7, 11) is 0. The van der Waals surface area contributed by atoms with Gasteiger partial charge in [0.1, 0.15) is 17.7 Å². The number of benzene rings is 1. The van der Waals surface area contributed by atoms with Gasteiger partial charge in [-0.2, -0.15) is 19.3 Å². The van der Waals surface area contributed by atoms with Gasteiger partial charge in [-0.1, -0.05) is 54.0 Å². The van der Waals surface area contributed by atoms with Crippen LogP contribution < -0.4 is 0 Å². The van der Waals surface area contributed by atoms with E-state index in [1.165, 1.54) is 9.48 Å². The average Bonchev–Trinajstić information content (AvgIpc) is 3.20. The fourth-order valence-corrected chi connectivity index (χ4v) is 3.62. The maximum Gasteiger partial charge on any atom is 0.501 e. The number of fused-ring (bicyclic) bond motifs is 1. The predicted molar refractivity (Wildman–Crippen MR) is 107 cm³/mol. The molecular weight excluding hydrogens is 392 g/mol. The van der Waals surface area contributed by atoms with Gasteiger partial charge in [0.15, 0.2) is 6.54 Å². The van der Waals surface area contributed by atoms with Gasteiger partial charge >= 0.3 is 11.9 Å². The lowest BCUT2D eigenvalue weighted by molar-refractivity contribution is -0.461. The van der Waals surface area contributed by atoms with Gasteiger partial charge in [0.25, 0.3) is 5.89 Å². The number of allylic oxidation sites excluding steroid dienone is 3. The lowest BCUT2D eigenvalue weighted by Gasteiger charge is -2.29. The van der Waals surface area contributed by atoms with Crippen molar-refractivity contribution in [3.63, 3.8) is 0 Å². The van der Waals surface area contributed by atoms with E-state index in [0.717, 1.165) is 5.56 Å². The minimum absolute atomic E-state index is 0.0800. The summed E-state index contributed by atoms with van der Waals surface area (Å²) in [5, 5.41) is 4.57. The molecule has 1 aromatic heterocycles. The lowest BCUT2D eigenvalue weighted by Crippen LogP contribution is -2.56. The molecule has 2 heterocycles. The highest BCUT2D eigenvalue weighted by Gasteiger charge is 2.48. The number of carbonyl (C=O) groups is 2. The molecule has 1 aromatic carbocycles. The van der Waals surface area contributed by atoms with Crippen molar-refractivity contribution in [2.45, 2.75) is 32.9 Å². The van der Waals surface area contributed by atoms with Gasteiger partial charge < -0.3 is 4.52 Å². The Morgan fingerprint density at radius 3 is 2.90 bits per heavy atom. The number of rotatable bonds is 5.